The van der Waals surface area contributed by atoms with E-state index in [-0.39, 0.29) is 5.56 Å². The molecule has 0 amide bonds. The lowest BCUT2D eigenvalue weighted by molar-refractivity contribution is 0.624. The average Bonchev–Trinajstić information content (AvgIpc) is 2.66. The summed E-state index contributed by atoms with van der Waals surface area (Å²) in [7, 11) is 0. The molecule has 1 N–H and O–H groups in total. The fraction of sp³-hybridized carbons (Fsp3) is 0.0833. The van der Waals surface area contributed by atoms with E-state index in [4.69, 9.17) is 5.26 Å². The maximum atomic E-state index is 13.4. The molecule has 0 aliphatic heterocycles. The zero-order valence-corrected chi connectivity index (χ0v) is 13.0. The second kappa shape index (κ2) is 5.83. The Hall–Kier alpha value is -0.900. The Morgan fingerprint density at radius 3 is 2.78 bits per heavy atom. The van der Waals surface area contributed by atoms with Crippen LogP contribution in [0.2, 0.25) is 0 Å². The van der Waals surface area contributed by atoms with Crippen molar-refractivity contribution in [3.8, 4) is 6.07 Å². The summed E-state index contributed by atoms with van der Waals surface area (Å²) in [4.78, 5) is 1.09. The zero-order chi connectivity index (χ0) is 13.1. The van der Waals surface area contributed by atoms with Gasteiger partial charge >= 0.3 is 0 Å². The van der Waals surface area contributed by atoms with E-state index in [1.807, 2.05) is 12.1 Å². The molecular formula is C12H7Br2FN2S. The Kier molecular flexibility index (Phi) is 4.38. The van der Waals surface area contributed by atoms with Gasteiger partial charge in [0.05, 0.1) is 9.47 Å². The van der Waals surface area contributed by atoms with Gasteiger partial charge in [-0.2, -0.15) is 5.26 Å². The van der Waals surface area contributed by atoms with Gasteiger partial charge in [0.1, 0.15) is 17.4 Å². The smallest absolute Gasteiger partial charge is 0.143 e. The van der Waals surface area contributed by atoms with E-state index in [9.17, 15) is 4.39 Å². The maximum Gasteiger partial charge on any atom is 0.143 e. The summed E-state index contributed by atoms with van der Waals surface area (Å²) < 4.78 is 15.4. The third-order valence-electron chi connectivity index (χ3n) is 2.27. The van der Waals surface area contributed by atoms with Crippen LogP contribution >= 0.6 is 43.2 Å². The van der Waals surface area contributed by atoms with Crippen molar-refractivity contribution in [1.29, 1.82) is 5.26 Å². The maximum absolute atomic E-state index is 13.4. The Bertz CT molecular complexity index is 600. The number of thiophene rings is 1. The van der Waals surface area contributed by atoms with Crippen LogP contribution in [0.1, 0.15) is 10.4 Å². The Morgan fingerprint density at radius 1 is 1.39 bits per heavy atom. The van der Waals surface area contributed by atoms with Crippen LogP contribution in [0.5, 0.6) is 0 Å². The number of rotatable bonds is 3. The van der Waals surface area contributed by atoms with E-state index in [0.29, 0.717) is 12.2 Å². The van der Waals surface area contributed by atoms with Gasteiger partial charge in [-0.25, -0.2) is 4.39 Å². The lowest BCUT2D eigenvalue weighted by Gasteiger charge is -2.07. The lowest BCUT2D eigenvalue weighted by atomic mass is 10.2. The molecule has 0 spiro atoms. The second-order valence-corrected chi connectivity index (χ2v) is 6.77. The Balaban J connectivity index is 2.16. The van der Waals surface area contributed by atoms with E-state index in [2.05, 4.69) is 37.2 Å². The number of benzene rings is 1. The summed E-state index contributed by atoms with van der Waals surface area (Å²) in [6.07, 6.45) is 0. The summed E-state index contributed by atoms with van der Waals surface area (Å²) in [5, 5.41) is 12.0. The molecule has 0 radical (unpaired) electrons. The number of nitrogens with zero attached hydrogens (tertiary/aromatic N) is 1. The summed E-state index contributed by atoms with van der Waals surface area (Å²) in [5.41, 5.74) is 0.560. The van der Waals surface area contributed by atoms with E-state index in [1.165, 1.54) is 6.07 Å². The number of hydrogen-bond acceptors (Lipinski definition) is 3. The molecule has 0 atom stereocenters. The van der Waals surface area contributed by atoms with Crippen molar-refractivity contribution < 1.29 is 4.39 Å². The second-order valence-electron chi connectivity index (χ2n) is 3.46. The van der Waals surface area contributed by atoms with Crippen molar-refractivity contribution in [2.24, 2.45) is 0 Å². The van der Waals surface area contributed by atoms with Crippen molar-refractivity contribution >= 4 is 48.9 Å². The van der Waals surface area contributed by atoms with E-state index in [1.54, 1.807) is 23.5 Å². The first kappa shape index (κ1) is 13.5. The molecule has 1 heterocycles. The molecule has 0 fully saturated rings. The van der Waals surface area contributed by atoms with Crippen LogP contribution < -0.4 is 5.32 Å². The van der Waals surface area contributed by atoms with Crippen molar-refractivity contribution in [2.45, 2.75) is 6.54 Å². The van der Waals surface area contributed by atoms with Gasteiger partial charge in [0.2, 0.25) is 0 Å². The van der Waals surface area contributed by atoms with Gasteiger partial charge in [0, 0.05) is 15.9 Å². The molecule has 0 saturated heterocycles. The minimum Gasteiger partial charge on any atom is -0.379 e. The van der Waals surface area contributed by atoms with Crippen LogP contribution in [0.15, 0.2) is 32.5 Å². The van der Waals surface area contributed by atoms with Gasteiger partial charge in [-0.1, -0.05) is 6.07 Å². The highest BCUT2D eigenvalue weighted by molar-refractivity contribution is 9.13. The van der Waals surface area contributed by atoms with Gasteiger partial charge in [-0.15, -0.1) is 11.3 Å². The van der Waals surface area contributed by atoms with Gasteiger partial charge < -0.3 is 5.32 Å². The highest BCUT2D eigenvalue weighted by atomic mass is 79.9. The molecule has 6 heteroatoms. The largest absolute Gasteiger partial charge is 0.379 e. The fourth-order valence-electron chi connectivity index (χ4n) is 1.45. The number of nitriles is 1. The first-order valence-corrected chi connectivity index (χ1v) is 7.38. The molecule has 0 unspecified atom stereocenters. The standard InChI is InChI=1S/C12H7Br2FN2S/c13-9-4-7(18-12(9)14)6-17-11-3-1-2-10(15)8(11)5-16/h1-4,17H,6H2. The Labute approximate surface area is 125 Å². The molecule has 92 valence electrons. The van der Waals surface area contributed by atoms with Gasteiger partial charge in [-0.05, 0) is 50.1 Å². The SMILES string of the molecule is N#Cc1c(F)cccc1NCc1cc(Br)c(Br)s1. The van der Waals surface area contributed by atoms with Crippen LogP contribution in [-0.2, 0) is 6.54 Å². The van der Waals surface area contributed by atoms with Gasteiger partial charge in [0.15, 0.2) is 0 Å². The summed E-state index contributed by atoms with van der Waals surface area (Å²) in [5.74, 6) is -0.504. The van der Waals surface area contributed by atoms with Crippen LogP contribution in [0.4, 0.5) is 10.1 Å². The molecule has 0 aliphatic carbocycles. The lowest BCUT2D eigenvalue weighted by Crippen LogP contribution is -2.01. The molecule has 0 bridgehead atoms. The van der Waals surface area contributed by atoms with Crippen molar-refractivity contribution in [1.82, 2.24) is 0 Å². The number of hydrogen-bond donors (Lipinski definition) is 1. The molecule has 2 nitrogen and oxygen atoms in total. The van der Waals surface area contributed by atoms with Crippen LogP contribution in [-0.4, -0.2) is 0 Å². The first-order valence-electron chi connectivity index (χ1n) is 4.98. The van der Waals surface area contributed by atoms with Crippen molar-refractivity contribution in [3.63, 3.8) is 0 Å². The van der Waals surface area contributed by atoms with Crippen molar-refractivity contribution in [3.05, 3.63) is 48.8 Å². The highest BCUT2D eigenvalue weighted by Gasteiger charge is 2.08. The van der Waals surface area contributed by atoms with Gasteiger partial charge in [0.25, 0.3) is 0 Å². The van der Waals surface area contributed by atoms with E-state index >= 15 is 0 Å². The topological polar surface area (TPSA) is 35.8 Å². The molecule has 2 aromatic rings. The predicted octanol–water partition coefficient (Wildman–Crippen LogP) is 4.90. The minimum atomic E-state index is -0.504. The van der Waals surface area contributed by atoms with Gasteiger partial charge in [-0.3, -0.25) is 0 Å². The summed E-state index contributed by atoms with van der Waals surface area (Å²) >= 11 is 8.40. The normalized spacial score (nSPS) is 10.1. The molecule has 2 rings (SSSR count). The predicted molar refractivity (Wildman–Crippen MR) is 78.2 cm³/mol. The third kappa shape index (κ3) is 2.91. The zero-order valence-electron chi connectivity index (χ0n) is 9.01. The number of anilines is 1. The quantitative estimate of drug-likeness (QED) is 0.810. The van der Waals surface area contributed by atoms with E-state index in [0.717, 1.165) is 13.1 Å². The average molecular weight is 390 g/mol. The molecule has 0 aliphatic rings. The third-order valence-corrected chi connectivity index (χ3v) is 5.53. The monoisotopic (exact) mass is 388 g/mol. The summed E-state index contributed by atoms with van der Waals surface area (Å²) in [6, 6.07) is 8.40. The van der Waals surface area contributed by atoms with Crippen molar-refractivity contribution in [2.75, 3.05) is 5.32 Å². The molecular weight excluding hydrogens is 383 g/mol. The first-order chi connectivity index (χ1) is 8.61. The van der Waals surface area contributed by atoms with Crippen LogP contribution in [0.3, 0.4) is 0 Å². The van der Waals surface area contributed by atoms with E-state index < -0.39 is 5.82 Å². The number of halogens is 3. The Morgan fingerprint density at radius 2 is 2.17 bits per heavy atom. The molecule has 18 heavy (non-hydrogen) atoms. The molecule has 1 aromatic heterocycles. The summed E-state index contributed by atoms with van der Waals surface area (Å²) in [6.45, 7) is 0.549. The fourth-order valence-corrected chi connectivity index (χ4v) is 3.56. The van der Waals surface area contributed by atoms with Crippen LogP contribution in [0.25, 0.3) is 0 Å². The highest BCUT2D eigenvalue weighted by Crippen LogP contribution is 2.32. The molecule has 1 aromatic carbocycles. The number of nitrogens with one attached hydrogen (secondary N) is 1. The van der Waals surface area contributed by atoms with Crippen LogP contribution in [0, 0.1) is 17.1 Å². The minimum absolute atomic E-state index is 0.0483. The molecule has 0 saturated carbocycles.